The first kappa shape index (κ1) is 11.4. The molecule has 0 fully saturated rings. The summed E-state index contributed by atoms with van der Waals surface area (Å²) in [5.41, 5.74) is 0.906. The van der Waals surface area contributed by atoms with Crippen molar-refractivity contribution in [1.82, 2.24) is 0 Å². The number of alkyl halides is 1. The summed E-state index contributed by atoms with van der Waals surface area (Å²) in [6.45, 7) is 3.94. The van der Waals surface area contributed by atoms with Gasteiger partial charge in [-0.15, -0.1) is 0 Å². The molecule has 0 saturated carbocycles. The van der Waals surface area contributed by atoms with E-state index in [9.17, 15) is 4.39 Å². The van der Waals surface area contributed by atoms with Crippen molar-refractivity contribution in [1.29, 1.82) is 0 Å². The number of halogens is 1. The molecule has 0 aliphatic heterocycles. The maximum atomic E-state index is 13.6. The Balaban J connectivity index is 2.63. The third-order valence-electron chi connectivity index (χ3n) is 2.50. The van der Waals surface area contributed by atoms with Crippen molar-refractivity contribution in [3.8, 4) is 0 Å². The molecule has 0 aromatic carbocycles. The van der Waals surface area contributed by atoms with E-state index < -0.39 is 5.67 Å². The first-order chi connectivity index (χ1) is 6.54. The fourth-order valence-corrected chi connectivity index (χ4v) is 1.61. The van der Waals surface area contributed by atoms with Crippen LogP contribution in [0.4, 0.5) is 4.39 Å². The van der Waals surface area contributed by atoms with Gasteiger partial charge in [-0.1, -0.05) is 17.7 Å². The molecule has 80 valence electrons. The van der Waals surface area contributed by atoms with Gasteiger partial charge in [0.2, 0.25) is 0 Å². The highest BCUT2D eigenvalue weighted by atomic mass is 19.1. The van der Waals surface area contributed by atoms with Gasteiger partial charge < -0.3 is 4.74 Å². The van der Waals surface area contributed by atoms with Crippen molar-refractivity contribution in [3.63, 3.8) is 0 Å². The molecule has 0 bridgehead atoms. The Labute approximate surface area is 85.6 Å². The molecule has 0 aromatic heterocycles. The van der Waals surface area contributed by atoms with E-state index in [0.29, 0.717) is 0 Å². The molecule has 0 aromatic rings. The lowest BCUT2D eigenvalue weighted by molar-refractivity contribution is 0.201. The predicted molar refractivity (Wildman–Crippen MR) is 57.1 cm³/mol. The van der Waals surface area contributed by atoms with Gasteiger partial charge in [0.15, 0.2) is 0 Å². The van der Waals surface area contributed by atoms with Crippen LogP contribution in [0.15, 0.2) is 23.3 Å². The van der Waals surface area contributed by atoms with Crippen molar-refractivity contribution in [2.45, 2.75) is 38.8 Å². The number of ether oxygens (including phenoxy) is 1. The average molecular weight is 198 g/mol. The van der Waals surface area contributed by atoms with Gasteiger partial charge in [0.1, 0.15) is 5.67 Å². The predicted octanol–water partition coefficient (Wildman–Crippen LogP) is 3.42. The Morgan fingerprint density at radius 2 is 2.21 bits per heavy atom. The van der Waals surface area contributed by atoms with Crippen LogP contribution in [0.25, 0.3) is 0 Å². The molecular weight excluding hydrogens is 179 g/mol. The molecular formula is C12H19FO. The number of allylic oxidation sites excluding steroid dienone is 3. The lowest BCUT2D eigenvalue weighted by atomic mass is 9.90. The summed E-state index contributed by atoms with van der Waals surface area (Å²) < 4.78 is 18.6. The smallest absolute Gasteiger partial charge is 0.130 e. The summed E-state index contributed by atoms with van der Waals surface area (Å²) in [6, 6.07) is 0. The highest BCUT2D eigenvalue weighted by Crippen LogP contribution is 2.29. The molecule has 0 saturated heterocycles. The van der Waals surface area contributed by atoms with Crippen molar-refractivity contribution in [2.24, 2.45) is 0 Å². The molecule has 2 heteroatoms. The second-order valence-corrected chi connectivity index (χ2v) is 4.22. The summed E-state index contributed by atoms with van der Waals surface area (Å²) in [6.07, 6.45) is 6.91. The van der Waals surface area contributed by atoms with Crippen LogP contribution in [0.2, 0.25) is 0 Å². The third kappa shape index (κ3) is 3.26. The molecule has 1 aliphatic rings. The van der Waals surface area contributed by atoms with E-state index in [1.807, 2.05) is 12.2 Å². The van der Waals surface area contributed by atoms with E-state index >= 15 is 0 Å². The fraction of sp³-hybridized carbons (Fsp3) is 0.667. The number of methoxy groups -OCH3 is 1. The summed E-state index contributed by atoms with van der Waals surface area (Å²) in [4.78, 5) is 0. The van der Waals surface area contributed by atoms with Crippen LogP contribution < -0.4 is 0 Å². The number of hydrogen-bond donors (Lipinski definition) is 0. The summed E-state index contributed by atoms with van der Waals surface area (Å²) in [5.74, 6) is 0. The van der Waals surface area contributed by atoms with Crippen LogP contribution in [0.5, 0.6) is 0 Å². The van der Waals surface area contributed by atoms with E-state index in [4.69, 9.17) is 4.74 Å². The van der Waals surface area contributed by atoms with Gasteiger partial charge in [0.05, 0.1) is 0 Å². The second kappa shape index (κ2) is 4.74. The maximum Gasteiger partial charge on any atom is 0.130 e. The summed E-state index contributed by atoms with van der Waals surface area (Å²) >= 11 is 0. The molecule has 0 amide bonds. The topological polar surface area (TPSA) is 9.23 Å². The largest absolute Gasteiger partial charge is 0.384 e. The fourth-order valence-electron chi connectivity index (χ4n) is 1.61. The zero-order chi connectivity index (χ0) is 10.6. The Hall–Kier alpha value is -0.630. The molecule has 1 rings (SSSR count). The average Bonchev–Trinajstić information content (AvgIpc) is 2.14. The van der Waals surface area contributed by atoms with Crippen LogP contribution in [0.1, 0.15) is 33.1 Å². The number of rotatable bonds is 4. The van der Waals surface area contributed by atoms with Gasteiger partial charge in [-0.3, -0.25) is 0 Å². The van der Waals surface area contributed by atoms with Crippen molar-refractivity contribution in [2.75, 3.05) is 13.7 Å². The molecule has 0 atom stereocenters. The molecule has 0 spiro atoms. The minimum Gasteiger partial charge on any atom is -0.384 e. The SMILES string of the molecule is COCCC1=CC(C(C)(C)F)=CCC1. The quantitative estimate of drug-likeness (QED) is 0.672. The second-order valence-electron chi connectivity index (χ2n) is 4.22. The van der Waals surface area contributed by atoms with Crippen LogP contribution in [-0.4, -0.2) is 19.4 Å². The van der Waals surface area contributed by atoms with Crippen LogP contribution in [0, 0.1) is 0 Å². The Morgan fingerprint density at radius 1 is 1.50 bits per heavy atom. The monoisotopic (exact) mass is 198 g/mol. The van der Waals surface area contributed by atoms with Gasteiger partial charge >= 0.3 is 0 Å². The van der Waals surface area contributed by atoms with E-state index in [2.05, 4.69) is 0 Å². The molecule has 0 radical (unpaired) electrons. The van der Waals surface area contributed by atoms with Crippen molar-refractivity contribution >= 4 is 0 Å². The van der Waals surface area contributed by atoms with E-state index in [1.165, 1.54) is 5.57 Å². The third-order valence-corrected chi connectivity index (χ3v) is 2.50. The highest BCUT2D eigenvalue weighted by molar-refractivity contribution is 5.33. The van der Waals surface area contributed by atoms with Crippen LogP contribution in [0.3, 0.4) is 0 Å². The van der Waals surface area contributed by atoms with Gasteiger partial charge in [0.25, 0.3) is 0 Å². The zero-order valence-corrected chi connectivity index (χ0v) is 9.27. The van der Waals surface area contributed by atoms with E-state index in [-0.39, 0.29) is 0 Å². The molecule has 0 heterocycles. The van der Waals surface area contributed by atoms with Gasteiger partial charge in [-0.25, -0.2) is 4.39 Å². The Bertz CT molecular complexity index is 246. The number of hydrogen-bond acceptors (Lipinski definition) is 1. The first-order valence-corrected chi connectivity index (χ1v) is 5.12. The standard InChI is InChI=1S/C12H19FO/c1-12(2,13)11-6-4-5-10(9-11)7-8-14-3/h6,9H,4-5,7-8H2,1-3H3. The van der Waals surface area contributed by atoms with Crippen molar-refractivity contribution < 1.29 is 9.13 Å². The van der Waals surface area contributed by atoms with Crippen LogP contribution in [-0.2, 0) is 4.74 Å². The molecule has 0 unspecified atom stereocenters. The Morgan fingerprint density at radius 3 is 2.79 bits per heavy atom. The first-order valence-electron chi connectivity index (χ1n) is 5.12. The lowest BCUT2D eigenvalue weighted by Gasteiger charge is -2.21. The maximum absolute atomic E-state index is 13.6. The molecule has 14 heavy (non-hydrogen) atoms. The normalized spacial score (nSPS) is 17.7. The molecule has 1 nitrogen and oxygen atoms in total. The van der Waals surface area contributed by atoms with Gasteiger partial charge in [-0.2, -0.15) is 0 Å². The highest BCUT2D eigenvalue weighted by Gasteiger charge is 2.21. The Kier molecular flexibility index (Phi) is 3.87. The van der Waals surface area contributed by atoms with Crippen LogP contribution >= 0.6 is 0 Å². The lowest BCUT2D eigenvalue weighted by Crippen LogP contribution is -2.16. The molecule has 1 aliphatic carbocycles. The van der Waals surface area contributed by atoms with Gasteiger partial charge in [0, 0.05) is 13.7 Å². The van der Waals surface area contributed by atoms with Gasteiger partial charge in [-0.05, 0) is 38.7 Å². The summed E-state index contributed by atoms with van der Waals surface area (Å²) in [5, 5.41) is 0. The van der Waals surface area contributed by atoms with E-state index in [1.54, 1.807) is 21.0 Å². The molecule has 0 N–H and O–H groups in total. The van der Waals surface area contributed by atoms with Crippen molar-refractivity contribution in [3.05, 3.63) is 23.3 Å². The van der Waals surface area contributed by atoms with E-state index in [0.717, 1.165) is 31.4 Å². The minimum atomic E-state index is -1.21. The zero-order valence-electron chi connectivity index (χ0n) is 9.27. The minimum absolute atomic E-state index is 0.728. The summed E-state index contributed by atoms with van der Waals surface area (Å²) in [7, 11) is 1.69.